The van der Waals surface area contributed by atoms with Gasteiger partial charge in [-0.05, 0) is 19.4 Å². The molecular formula is C12H16N4O2. The highest BCUT2D eigenvalue weighted by Crippen LogP contribution is 2.17. The maximum absolute atomic E-state index is 11.6. The van der Waals surface area contributed by atoms with Crippen LogP contribution in [0.25, 0.3) is 5.70 Å². The number of fused-ring (bicyclic) bond motifs is 1. The second-order valence-corrected chi connectivity index (χ2v) is 3.89. The topological polar surface area (TPSA) is 80.0 Å². The number of hydrogen-bond donors (Lipinski definition) is 2. The third-order valence-corrected chi connectivity index (χ3v) is 2.65. The molecule has 0 amide bonds. The summed E-state index contributed by atoms with van der Waals surface area (Å²) in [5, 5.41) is 14.6. The smallest absolute Gasteiger partial charge is 0.358 e. The first-order valence-electron chi connectivity index (χ1n) is 5.96. The second kappa shape index (κ2) is 5.48. The molecule has 0 saturated heterocycles. The van der Waals surface area contributed by atoms with E-state index >= 15 is 0 Å². The Kier molecular flexibility index (Phi) is 3.76. The monoisotopic (exact) mass is 248 g/mol. The van der Waals surface area contributed by atoms with Gasteiger partial charge in [-0.15, -0.1) is 0 Å². The summed E-state index contributed by atoms with van der Waals surface area (Å²) in [6.07, 6.45) is 3.80. The van der Waals surface area contributed by atoms with Crippen molar-refractivity contribution in [2.24, 2.45) is 0 Å². The molecule has 1 aliphatic rings. The van der Waals surface area contributed by atoms with E-state index in [-0.39, 0.29) is 0 Å². The third-order valence-electron chi connectivity index (χ3n) is 2.65. The standard InChI is InChI=1S/C12H16N4O2/c1-2-18-12(17)10-8-11-9(4-5-13)14-6-3-7-16(11)15-10/h4-5,8,13-14H,2-3,6-7H2,1H3/b9-4-,13-5?. The Morgan fingerprint density at radius 3 is 3.28 bits per heavy atom. The fourth-order valence-electron chi connectivity index (χ4n) is 1.88. The van der Waals surface area contributed by atoms with Crippen LogP contribution in [-0.4, -0.2) is 35.1 Å². The summed E-state index contributed by atoms with van der Waals surface area (Å²) >= 11 is 0. The van der Waals surface area contributed by atoms with E-state index in [0.717, 1.165) is 30.9 Å². The van der Waals surface area contributed by atoms with Gasteiger partial charge in [0.1, 0.15) is 0 Å². The van der Waals surface area contributed by atoms with Crippen molar-refractivity contribution >= 4 is 17.9 Å². The van der Waals surface area contributed by atoms with Crippen LogP contribution in [0.1, 0.15) is 29.5 Å². The Balaban J connectivity index is 2.36. The molecular weight excluding hydrogens is 232 g/mol. The number of esters is 1. The minimum absolute atomic E-state index is 0.312. The van der Waals surface area contributed by atoms with Gasteiger partial charge in [-0.25, -0.2) is 4.79 Å². The molecule has 6 nitrogen and oxygen atoms in total. The molecule has 0 radical (unpaired) electrons. The molecule has 0 spiro atoms. The molecule has 18 heavy (non-hydrogen) atoms. The quantitative estimate of drug-likeness (QED) is 0.618. The number of ether oxygens (including phenoxy) is 1. The highest BCUT2D eigenvalue weighted by Gasteiger charge is 2.19. The molecule has 2 heterocycles. The maximum atomic E-state index is 11.6. The predicted octanol–water partition coefficient (Wildman–Crippen LogP) is 1.04. The van der Waals surface area contributed by atoms with E-state index in [1.165, 1.54) is 6.21 Å². The minimum atomic E-state index is -0.410. The van der Waals surface area contributed by atoms with E-state index in [1.54, 1.807) is 23.7 Å². The van der Waals surface area contributed by atoms with Crippen molar-refractivity contribution in [3.05, 3.63) is 23.5 Å². The lowest BCUT2D eigenvalue weighted by Gasteiger charge is -2.04. The van der Waals surface area contributed by atoms with Gasteiger partial charge in [0, 0.05) is 25.4 Å². The Morgan fingerprint density at radius 1 is 1.72 bits per heavy atom. The average molecular weight is 248 g/mol. The largest absolute Gasteiger partial charge is 0.461 e. The Hall–Kier alpha value is -2.11. The summed E-state index contributed by atoms with van der Waals surface area (Å²) in [5.41, 5.74) is 1.94. The molecule has 0 bridgehead atoms. The SMILES string of the molecule is CCOC(=O)c1cc2n(n1)CCCN/C2=C\C=N. The zero-order valence-corrected chi connectivity index (χ0v) is 10.3. The van der Waals surface area contributed by atoms with Crippen LogP contribution >= 0.6 is 0 Å². The van der Waals surface area contributed by atoms with Crippen molar-refractivity contribution in [3.63, 3.8) is 0 Å². The third kappa shape index (κ3) is 2.42. The van der Waals surface area contributed by atoms with E-state index in [2.05, 4.69) is 10.4 Å². The Bertz CT molecular complexity index is 490. The summed E-state index contributed by atoms with van der Waals surface area (Å²) in [7, 11) is 0. The number of carbonyl (C=O) groups is 1. The van der Waals surface area contributed by atoms with Gasteiger partial charge in [0.2, 0.25) is 0 Å². The van der Waals surface area contributed by atoms with Crippen molar-refractivity contribution < 1.29 is 9.53 Å². The zero-order chi connectivity index (χ0) is 13.0. The lowest BCUT2D eigenvalue weighted by Crippen LogP contribution is -2.11. The van der Waals surface area contributed by atoms with Crippen LogP contribution in [0.2, 0.25) is 0 Å². The average Bonchev–Trinajstić information content (AvgIpc) is 2.69. The fourth-order valence-corrected chi connectivity index (χ4v) is 1.88. The molecule has 0 saturated carbocycles. The van der Waals surface area contributed by atoms with Gasteiger partial charge in [0.25, 0.3) is 0 Å². The van der Waals surface area contributed by atoms with Crippen LogP contribution in [0.15, 0.2) is 12.1 Å². The number of nitrogens with zero attached hydrogens (tertiary/aromatic N) is 2. The number of hydrogen-bond acceptors (Lipinski definition) is 5. The first-order valence-corrected chi connectivity index (χ1v) is 5.96. The van der Waals surface area contributed by atoms with Gasteiger partial charge in [-0.2, -0.15) is 5.10 Å². The van der Waals surface area contributed by atoms with Crippen LogP contribution in [0, 0.1) is 5.41 Å². The number of carbonyl (C=O) groups excluding carboxylic acids is 1. The number of allylic oxidation sites excluding steroid dienone is 1. The number of aryl methyl sites for hydroxylation is 1. The molecule has 1 aromatic rings. The van der Waals surface area contributed by atoms with Crippen LogP contribution in [0.4, 0.5) is 0 Å². The van der Waals surface area contributed by atoms with E-state index in [9.17, 15) is 4.79 Å². The molecule has 0 unspecified atom stereocenters. The molecule has 2 N–H and O–H groups in total. The van der Waals surface area contributed by atoms with Crippen LogP contribution < -0.4 is 5.32 Å². The summed E-state index contributed by atoms with van der Waals surface area (Å²) < 4.78 is 6.71. The Labute approximate surface area is 105 Å². The van der Waals surface area contributed by atoms with Gasteiger partial charge in [0.05, 0.1) is 18.0 Å². The second-order valence-electron chi connectivity index (χ2n) is 3.89. The highest BCUT2D eigenvalue weighted by molar-refractivity contribution is 5.89. The maximum Gasteiger partial charge on any atom is 0.358 e. The highest BCUT2D eigenvalue weighted by atomic mass is 16.5. The molecule has 0 aliphatic carbocycles. The summed E-state index contributed by atoms with van der Waals surface area (Å²) in [6, 6.07) is 1.70. The van der Waals surface area contributed by atoms with Crippen LogP contribution in [0.3, 0.4) is 0 Å². The molecule has 0 fully saturated rings. The molecule has 96 valence electrons. The van der Waals surface area contributed by atoms with Gasteiger partial charge in [-0.1, -0.05) is 0 Å². The van der Waals surface area contributed by atoms with Crippen molar-refractivity contribution in [3.8, 4) is 0 Å². The van der Waals surface area contributed by atoms with E-state index in [4.69, 9.17) is 10.1 Å². The number of rotatable bonds is 3. The van der Waals surface area contributed by atoms with Gasteiger partial charge < -0.3 is 15.5 Å². The molecule has 1 aromatic heterocycles. The van der Waals surface area contributed by atoms with E-state index in [1.807, 2.05) is 0 Å². The fraction of sp³-hybridized carbons (Fsp3) is 0.417. The lowest BCUT2D eigenvalue weighted by atomic mass is 10.2. The van der Waals surface area contributed by atoms with Gasteiger partial charge in [0.15, 0.2) is 5.69 Å². The van der Waals surface area contributed by atoms with Crippen molar-refractivity contribution in [1.29, 1.82) is 5.41 Å². The normalized spacial score (nSPS) is 16.6. The molecule has 0 aromatic carbocycles. The zero-order valence-electron chi connectivity index (χ0n) is 10.3. The Morgan fingerprint density at radius 2 is 2.56 bits per heavy atom. The van der Waals surface area contributed by atoms with Gasteiger partial charge >= 0.3 is 5.97 Å². The van der Waals surface area contributed by atoms with E-state index < -0.39 is 5.97 Å². The van der Waals surface area contributed by atoms with Crippen LogP contribution in [0.5, 0.6) is 0 Å². The summed E-state index contributed by atoms with van der Waals surface area (Å²) in [5.74, 6) is -0.410. The molecule has 1 aliphatic heterocycles. The predicted molar refractivity (Wildman–Crippen MR) is 67.6 cm³/mol. The molecule has 0 atom stereocenters. The minimum Gasteiger partial charge on any atom is -0.461 e. The summed E-state index contributed by atoms with van der Waals surface area (Å²) in [6.45, 7) is 3.68. The van der Waals surface area contributed by atoms with Crippen molar-refractivity contribution in [2.75, 3.05) is 13.2 Å². The lowest BCUT2D eigenvalue weighted by molar-refractivity contribution is 0.0518. The van der Waals surface area contributed by atoms with Gasteiger partial charge in [-0.3, -0.25) is 4.68 Å². The number of nitrogens with one attached hydrogen (secondary N) is 2. The van der Waals surface area contributed by atoms with Crippen LogP contribution in [-0.2, 0) is 11.3 Å². The van der Waals surface area contributed by atoms with Crippen molar-refractivity contribution in [1.82, 2.24) is 15.1 Å². The molecule has 6 heteroatoms. The number of aromatic nitrogens is 2. The first kappa shape index (κ1) is 12.3. The van der Waals surface area contributed by atoms with E-state index in [0.29, 0.717) is 12.3 Å². The first-order chi connectivity index (χ1) is 8.76. The summed E-state index contributed by atoms with van der Waals surface area (Å²) in [4.78, 5) is 11.6. The van der Waals surface area contributed by atoms with Crippen molar-refractivity contribution in [2.45, 2.75) is 19.9 Å². The molecule has 2 rings (SSSR count).